The Balaban J connectivity index is 2.89. The Morgan fingerprint density at radius 3 is 2.56 bits per heavy atom. The molecule has 6 heteroatoms. The highest BCUT2D eigenvalue weighted by Gasteiger charge is 2.29. The van der Waals surface area contributed by atoms with Crippen LogP contribution in [-0.2, 0) is 0 Å². The molecule has 0 amide bonds. The zero-order valence-corrected chi connectivity index (χ0v) is 10.1. The summed E-state index contributed by atoms with van der Waals surface area (Å²) in [6.07, 6.45) is -4.44. The number of benzene rings is 1. The Morgan fingerprint density at radius 2 is 2.00 bits per heavy atom. The van der Waals surface area contributed by atoms with Gasteiger partial charge in [-0.3, -0.25) is 0 Å². The number of alkyl halides is 3. The lowest BCUT2D eigenvalue weighted by Gasteiger charge is -2.18. The zero-order valence-electron chi connectivity index (χ0n) is 10.1. The van der Waals surface area contributed by atoms with E-state index in [4.69, 9.17) is 0 Å². The number of rotatable bonds is 5. The first-order chi connectivity index (χ1) is 8.33. The van der Waals surface area contributed by atoms with Crippen molar-refractivity contribution in [1.82, 2.24) is 5.32 Å². The molecule has 0 saturated carbocycles. The second-order valence-corrected chi connectivity index (χ2v) is 3.87. The van der Waals surface area contributed by atoms with E-state index in [1.165, 1.54) is 12.1 Å². The first kappa shape index (κ1) is 14.8. The Labute approximate surface area is 103 Å². The van der Waals surface area contributed by atoms with Crippen molar-refractivity contribution in [3.8, 4) is 5.75 Å². The lowest BCUT2D eigenvalue weighted by Crippen LogP contribution is -2.22. The van der Waals surface area contributed by atoms with E-state index in [-0.39, 0.29) is 11.8 Å². The predicted octanol–water partition coefficient (Wildman–Crippen LogP) is 3.44. The highest BCUT2D eigenvalue weighted by Crippen LogP contribution is 2.27. The Bertz CT molecular complexity index is 392. The van der Waals surface area contributed by atoms with Crippen molar-refractivity contribution in [2.24, 2.45) is 0 Å². The van der Waals surface area contributed by atoms with Gasteiger partial charge in [0.25, 0.3) is 0 Å². The highest BCUT2D eigenvalue weighted by atomic mass is 19.4. The molecule has 1 atom stereocenters. The minimum Gasteiger partial charge on any atom is -0.484 e. The second kappa shape index (κ2) is 6.04. The van der Waals surface area contributed by atoms with E-state index in [9.17, 15) is 17.6 Å². The van der Waals surface area contributed by atoms with Gasteiger partial charge in [-0.1, -0.05) is 13.0 Å². The summed E-state index contributed by atoms with van der Waals surface area (Å²) in [5.41, 5.74) is 0.502. The quantitative estimate of drug-likeness (QED) is 0.823. The maximum atomic E-state index is 13.0. The molecule has 2 nitrogen and oxygen atoms in total. The lowest BCUT2D eigenvalue weighted by atomic mass is 10.1. The lowest BCUT2D eigenvalue weighted by molar-refractivity contribution is -0.153. The smallest absolute Gasteiger partial charge is 0.422 e. The molecule has 1 aromatic rings. The van der Waals surface area contributed by atoms with Crippen LogP contribution < -0.4 is 10.1 Å². The molecule has 0 spiro atoms. The van der Waals surface area contributed by atoms with Crippen molar-refractivity contribution in [2.45, 2.75) is 26.1 Å². The third-order valence-electron chi connectivity index (χ3n) is 2.34. The number of halogens is 4. The summed E-state index contributed by atoms with van der Waals surface area (Å²) >= 11 is 0. The maximum absolute atomic E-state index is 13.0. The number of nitrogens with one attached hydrogen (secondary N) is 1. The molecule has 0 bridgehead atoms. The van der Waals surface area contributed by atoms with Crippen LogP contribution in [0.3, 0.4) is 0 Å². The number of hydrogen-bond acceptors (Lipinski definition) is 2. The summed E-state index contributed by atoms with van der Waals surface area (Å²) in [5, 5.41) is 3.04. The summed E-state index contributed by atoms with van der Waals surface area (Å²) in [7, 11) is 0. The Morgan fingerprint density at radius 1 is 1.33 bits per heavy atom. The van der Waals surface area contributed by atoms with Gasteiger partial charge in [-0.15, -0.1) is 0 Å². The molecule has 1 rings (SSSR count). The van der Waals surface area contributed by atoms with Gasteiger partial charge in [0, 0.05) is 17.7 Å². The van der Waals surface area contributed by atoms with E-state index in [0.717, 1.165) is 6.07 Å². The number of hydrogen-bond donors (Lipinski definition) is 1. The van der Waals surface area contributed by atoms with Gasteiger partial charge in [-0.05, 0) is 19.5 Å². The summed E-state index contributed by atoms with van der Waals surface area (Å²) < 4.78 is 53.9. The van der Waals surface area contributed by atoms with Crippen molar-refractivity contribution < 1.29 is 22.3 Å². The number of ether oxygens (including phenoxy) is 1. The molecule has 0 fully saturated rings. The average molecular weight is 265 g/mol. The van der Waals surface area contributed by atoms with Gasteiger partial charge < -0.3 is 10.1 Å². The Hall–Kier alpha value is -1.30. The molecule has 0 heterocycles. The van der Waals surface area contributed by atoms with E-state index in [1.54, 1.807) is 6.92 Å². The second-order valence-electron chi connectivity index (χ2n) is 3.87. The zero-order chi connectivity index (χ0) is 13.8. The van der Waals surface area contributed by atoms with Gasteiger partial charge in [0.2, 0.25) is 0 Å². The first-order valence-corrected chi connectivity index (χ1v) is 5.56. The molecule has 1 N–H and O–H groups in total. The highest BCUT2D eigenvalue weighted by molar-refractivity contribution is 5.36. The molecular weight excluding hydrogens is 250 g/mol. The molecular formula is C12H15F4NO. The normalized spacial score (nSPS) is 13.4. The fraction of sp³-hybridized carbons (Fsp3) is 0.500. The summed E-state index contributed by atoms with van der Waals surface area (Å²) in [6, 6.07) is 3.38. The molecule has 0 aliphatic rings. The Kier molecular flexibility index (Phi) is 4.95. The molecule has 18 heavy (non-hydrogen) atoms. The van der Waals surface area contributed by atoms with Gasteiger partial charge >= 0.3 is 6.18 Å². The molecule has 0 aromatic heterocycles. The van der Waals surface area contributed by atoms with E-state index in [1.807, 2.05) is 6.92 Å². The van der Waals surface area contributed by atoms with E-state index < -0.39 is 18.6 Å². The van der Waals surface area contributed by atoms with Crippen molar-refractivity contribution in [3.05, 3.63) is 29.6 Å². The summed E-state index contributed by atoms with van der Waals surface area (Å²) in [6.45, 7) is 2.87. The largest absolute Gasteiger partial charge is 0.484 e. The molecule has 0 aliphatic carbocycles. The van der Waals surface area contributed by atoms with Crippen LogP contribution in [0, 0.1) is 5.82 Å². The van der Waals surface area contributed by atoms with Crippen LogP contribution in [0.25, 0.3) is 0 Å². The van der Waals surface area contributed by atoms with Crippen molar-refractivity contribution >= 4 is 0 Å². The standard InChI is InChI=1S/C12H15F4NO/c1-3-17-8(2)10-5-4-9(13)6-11(10)18-7-12(14,15)16/h4-6,8,17H,3,7H2,1-2H3. The third kappa shape index (κ3) is 4.52. The molecule has 0 radical (unpaired) electrons. The maximum Gasteiger partial charge on any atom is 0.422 e. The van der Waals surface area contributed by atoms with Crippen LogP contribution in [0.15, 0.2) is 18.2 Å². The first-order valence-electron chi connectivity index (χ1n) is 5.56. The van der Waals surface area contributed by atoms with Crippen LogP contribution in [0.1, 0.15) is 25.5 Å². The fourth-order valence-corrected chi connectivity index (χ4v) is 1.57. The predicted molar refractivity (Wildman–Crippen MR) is 60.0 cm³/mol. The van der Waals surface area contributed by atoms with E-state index in [0.29, 0.717) is 12.1 Å². The third-order valence-corrected chi connectivity index (χ3v) is 2.34. The molecule has 1 unspecified atom stereocenters. The van der Waals surface area contributed by atoms with Crippen LogP contribution >= 0.6 is 0 Å². The summed E-state index contributed by atoms with van der Waals surface area (Å²) in [5.74, 6) is -0.708. The minimum atomic E-state index is -4.44. The van der Waals surface area contributed by atoms with Crippen LogP contribution in [0.4, 0.5) is 17.6 Å². The SMILES string of the molecule is CCNC(C)c1ccc(F)cc1OCC(F)(F)F. The van der Waals surface area contributed by atoms with Crippen molar-refractivity contribution in [3.63, 3.8) is 0 Å². The van der Waals surface area contributed by atoms with Gasteiger partial charge in [0.15, 0.2) is 6.61 Å². The molecule has 102 valence electrons. The van der Waals surface area contributed by atoms with Crippen LogP contribution in [-0.4, -0.2) is 19.3 Å². The molecule has 0 aliphatic heterocycles. The van der Waals surface area contributed by atoms with Crippen LogP contribution in [0.2, 0.25) is 0 Å². The monoisotopic (exact) mass is 265 g/mol. The molecule has 1 aromatic carbocycles. The van der Waals surface area contributed by atoms with E-state index >= 15 is 0 Å². The summed E-state index contributed by atoms with van der Waals surface area (Å²) in [4.78, 5) is 0. The van der Waals surface area contributed by atoms with Crippen molar-refractivity contribution in [2.75, 3.05) is 13.2 Å². The van der Waals surface area contributed by atoms with Gasteiger partial charge in [-0.25, -0.2) is 4.39 Å². The van der Waals surface area contributed by atoms with Crippen LogP contribution in [0.5, 0.6) is 5.75 Å². The van der Waals surface area contributed by atoms with Gasteiger partial charge in [0.1, 0.15) is 11.6 Å². The minimum absolute atomic E-state index is 0.0826. The van der Waals surface area contributed by atoms with Crippen molar-refractivity contribution in [1.29, 1.82) is 0 Å². The molecule has 0 saturated heterocycles. The fourth-order valence-electron chi connectivity index (χ4n) is 1.57. The topological polar surface area (TPSA) is 21.3 Å². The van der Waals surface area contributed by atoms with E-state index in [2.05, 4.69) is 10.1 Å². The average Bonchev–Trinajstić information content (AvgIpc) is 2.25. The van der Waals surface area contributed by atoms with Gasteiger partial charge in [-0.2, -0.15) is 13.2 Å². The van der Waals surface area contributed by atoms with Gasteiger partial charge in [0.05, 0.1) is 0 Å².